The first-order valence-electron chi connectivity index (χ1n) is 9.31. The Balaban J connectivity index is 1.74. The molecule has 10 heteroatoms. The molecule has 0 saturated carbocycles. The number of phenols is 1. The first kappa shape index (κ1) is 19.4. The fraction of sp³-hybridized carbons (Fsp3) is 0.421. The average molecular weight is 406 g/mol. The highest BCUT2D eigenvalue weighted by Crippen LogP contribution is 2.37. The molecule has 0 amide bonds. The van der Waals surface area contributed by atoms with Gasteiger partial charge in [0.25, 0.3) is 0 Å². The molecule has 154 valence electrons. The number of fused-ring (bicyclic) bond motifs is 1. The Labute approximate surface area is 165 Å². The van der Waals surface area contributed by atoms with Crippen LogP contribution in [0.25, 0.3) is 16.8 Å². The zero-order chi connectivity index (χ0) is 20.8. The molecule has 29 heavy (non-hydrogen) atoms. The van der Waals surface area contributed by atoms with Crippen molar-refractivity contribution in [2.75, 3.05) is 25.5 Å². The highest BCUT2D eigenvalue weighted by atomic mass is 19.4. The molecule has 1 aliphatic rings. The molecule has 0 aliphatic carbocycles. The molecule has 0 bridgehead atoms. The lowest BCUT2D eigenvalue weighted by Crippen LogP contribution is -2.40. The summed E-state index contributed by atoms with van der Waals surface area (Å²) in [5.74, 6) is -0.0481. The lowest BCUT2D eigenvalue weighted by molar-refractivity contribution is -0.137. The molecule has 2 N–H and O–H groups in total. The highest BCUT2D eigenvalue weighted by molar-refractivity contribution is 5.81. The molecule has 0 spiro atoms. The maximum absolute atomic E-state index is 12.9. The number of hydrogen-bond donors (Lipinski definition) is 2. The molecule has 1 saturated heterocycles. The molecular weight excluding hydrogens is 385 g/mol. The van der Waals surface area contributed by atoms with E-state index in [4.69, 9.17) is 0 Å². The third-order valence-electron chi connectivity index (χ3n) is 5.06. The molecule has 3 heterocycles. The van der Waals surface area contributed by atoms with E-state index >= 15 is 0 Å². The zero-order valence-corrected chi connectivity index (χ0v) is 16.0. The molecule has 1 aliphatic heterocycles. The normalized spacial score (nSPS) is 18.3. The van der Waals surface area contributed by atoms with Gasteiger partial charge in [-0.15, -0.1) is 10.2 Å². The van der Waals surface area contributed by atoms with Gasteiger partial charge >= 0.3 is 6.18 Å². The number of aromatic nitrogens is 4. The summed E-state index contributed by atoms with van der Waals surface area (Å²) >= 11 is 0. The van der Waals surface area contributed by atoms with Gasteiger partial charge in [0, 0.05) is 18.2 Å². The van der Waals surface area contributed by atoms with E-state index in [1.54, 1.807) is 10.6 Å². The zero-order valence-electron chi connectivity index (χ0n) is 16.0. The number of nitrogens with one attached hydrogen (secondary N) is 1. The van der Waals surface area contributed by atoms with Gasteiger partial charge < -0.3 is 15.3 Å². The summed E-state index contributed by atoms with van der Waals surface area (Å²) in [6, 6.07) is 4.77. The molecule has 0 unspecified atom stereocenters. The molecule has 4 rings (SSSR count). The number of likely N-dealkylation sites (tertiary alicyclic amines) is 1. The Morgan fingerprint density at radius 1 is 1.21 bits per heavy atom. The highest BCUT2D eigenvalue weighted by Gasteiger charge is 2.31. The van der Waals surface area contributed by atoms with Crippen molar-refractivity contribution in [1.29, 1.82) is 0 Å². The van der Waals surface area contributed by atoms with Gasteiger partial charge in [0.2, 0.25) is 5.95 Å². The number of nitrogens with zero attached hydrogens (tertiary/aromatic N) is 5. The van der Waals surface area contributed by atoms with Crippen LogP contribution in [0.15, 0.2) is 24.3 Å². The second kappa shape index (κ2) is 7.18. The van der Waals surface area contributed by atoms with Crippen molar-refractivity contribution >= 4 is 11.5 Å². The fourth-order valence-electron chi connectivity index (χ4n) is 3.68. The van der Waals surface area contributed by atoms with Crippen LogP contribution in [0.2, 0.25) is 0 Å². The Morgan fingerprint density at radius 3 is 2.69 bits per heavy atom. The first-order valence-corrected chi connectivity index (χ1v) is 9.31. The molecule has 3 aromatic rings. The largest absolute Gasteiger partial charge is 0.507 e. The predicted octanol–water partition coefficient (Wildman–Crippen LogP) is 3.33. The minimum atomic E-state index is -4.54. The van der Waals surface area contributed by atoms with Crippen molar-refractivity contribution in [1.82, 2.24) is 24.7 Å². The number of aryl methyl sites for hydroxylation is 1. The number of anilines is 1. The quantitative estimate of drug-likeness (QED) is 0.695. The lowest BCUT2D eigenvalue weighted by Gasteiger charge is -2.30. The Kier molecular flexibility index (Phi) is 4.81. The van der Waals surface area contributed by atoms with E-state index in [2.05, 4.69) is 32.6 Å². The average Bonchev–Trinajstić information content (AvgIpc) is 3.03. The van der Waals surface area contributed by atoms with Gasteiger partial charge in [-0.05, 0) is 57.6 Å². The molecular formula is C19H21F3N6O. The smallest absolute Gasteiger partial charge is 0.416 e. The van der Waals surface area contributed by atoms with E-state index < -0.39 is 17.5 Å². The van der Waals surface area contributed by atoms with Gasteiger partial charge in [0.1, 0.15) is 11.4 Å². The Hall–Kier alpha value is -2.88. The van der Waals surface area contributed by atoms with Crippen LogP contribution in [0, 0.1) is 6.92 Å². The summed E-state index contributed by atoms with van der Waals surface area (Å²) in [4.78, 5) is 2.23. The van der Waals surface area contributed by atoms with Gasteiger partial charge in [-0.2, -0.15) is 22.8 Å². The number of rotatable bonds is 3. The maximum atomic E-state index is 12.9. The van der Waals surface area contributed by atoms with Crippen molar-refractivity contribution in [2.45, 2.75) is 32.0 Å². The second-order valence-corrected chi connectivity index (χ2v) is 7.43. The summed E-state index contributed by atoms with van der Waals surface area (Å²) in [5.41, 5.74) is 0.769. The molecule has 1 fully saturated rings. The number of alkyl halides is 3. The van der Waals surface area contributed by atoms with Gasteiger partial charge in [0.15, 0.2) is 0 Å². The number of benzene rings is 1. The topological polar surface area (TPSA) is 78.6 Å². The van der Waals surface area contributed by atoms with Crippen LogP contribution >= 0.6 is 0 Å². The van der Waals surface area contributed by atoms with Crippen molar-refractivity contribution in [2.24, 2.45) is 0 Å². The summed E-state index contributed by atoms with van der Waals surface area (Å²) in [5, 5.41) is 26.4. The Bertz CT molecular complexity index is 1050. The van der Waals surface area contributed by atoms with Crippen LogP contribution in [0.4, 0.5) is 19.1 Å². The van der Waals surface area contributed by atoms with Crippen molar-refractivity contribution in [3.05, 3.63) is 35.5 Å². The van der Waals surface area contributed by atoms with Crippen molar-refractivity contribution < 1.29 is 18.3 Å². The number of likely N-dealkylation sites (N-methyl/N-ethyl adjacent to an activating group) is 1. The SMILES string of the molecule is Cc1cc2c(-c3ccc(C(F)(F)F)cc3O)nnc(N[C@@H]3CCCN(C)C3)n2n1. The predicted molar refractivity (Wildman–Crippen MR) is 102 cm³/mol. The molecule has 1 aromatic carbocycles. The van der Waals surface area contributed by atoms with Gasteiger partial charge in [-0.3, -0.25) is 0 Å². The lowest BCUT2D eigenvalue weighted by atomic mass is 10.1. The number of piperidine rings is 1. The summed E-state index contributed by atoms with van der Waals surface area (Å²) in [7, 11) is 2.06. The first-order chi connectivity index (χ1) is 13.7. The summed E-state index contributed by atoms with van der Waals surface area (Å²) < 4.78 is 40.3. The maximum Gasteiger partial charge on any atom is 0.416 e. The monoisotopic (exact) mass is 406 g/mol. The number of phenolic OH excluding ortho intramolecular Hbond substituents is 1. The van der Waals surface area contributed by atoms with E-state index in [0.717, 1.165) is 32.0 Å². The van der Waals surface area contributed by atoms with Gasteiger partial charge in [0.05, 0.1) is 16.8 Å². The van der Waals surface area contributed by atoms with E-state index in [1.807, 2.05) is 6.92 Å². The van der Waals surface area contributed by atoms with Crippen LogP contribution in [0.5, 0.6) is 5.75 Å². The minimum Gasteiger partial charge on any atom is -0.507 e. The fourth-order valence-corrected chi connectivity index (χ4v) is 3.68. The van der Waals surface area contributed by atoms with Gasteiger partial charge in [-0.25, -0.2) is 0 Å². The number of halogens is 3. The summed E-state index contributed by atoms with van der Waals surface area (Å²) in [6.07, 6.45) is -2.47. The number of aromatic hydroxyl groups is 1. The van der Waals surface area contributed by atoms with Crippen LogP contribution in [-0.4, -0.2) is 56.0 Å². The molecule has 2 aromatic heterocycles. The third kappa shape index (κ3) is 3.84. The minimum absolute atomic E-state index is 0.166. The molecule has 7 nitrogen and oxygen atoms in total. The van der Waals surface area contributed by atoms with E-state index in [0.29, 0.717) is 23.2 Å². The van der Waals surface area contributed by atoms with E-state index in [9.17, 15) is 18.3 Å². The van der Waals surface area contributed by atoms with E-state index in [-0.39, 0.29) is 17.3 Å². The third-order valence-corrected chi connectivity index (χ3v) is 5.06. The molecule has 0 radical (unpaired) electrons. The molecule has 1 atom stereocenters. The van der Waals surface area contributed by atoms with Crippen LogP contribution < -0.4 is 5.32 Å². The second-order valence-electron chi connectivity index (χ2n) is 7.43. The van der Waals surface area contributed by atoms with E-state index in [1.165, 1.54) is 6.07 Å². The van der Waals surface area contributed by atoms with Crippen LogP contribution in [0.1, 0.15) is 24.1 Å². The summed E-state index contributed by atoms with van der Waals surface area (Å²) in [6.45, 7) is 3.72. The standard InChI is InChI=1S/C19H21F3N6O/c1-11-8-15-17(14-6-5-12(9-16(14)29)19(20,21)22)24-25-18(28(15)26-11)23-13-4-3-7-27(2)10-13/h5-6,8-9,13,29H,3-4,7,10H2,1-2H3,(H,23,25)/t13-/m1/s1. The Morgan fingerprint density at radius 2 is 2.00 bits per heavy atom. The van der Waals surface area contributed by atoms with Crippen LogP contribution in [-0.2, 0) is 6.18 Å². The van der Waals surface area contributed by atoms with Gasteiger partial charge in [-0.1, -0.05) is 0 Å². The van der Waals surface area contributed by atoms with Crippen molar-refractivity contribution in [3.63, 3.8) is 0 Å². The number of hydrogen-bond acceptors (Lipinski definition) is 6. The van der Waals surface area contributed by atoms with Crippen molar-refractivity contribution in [3.8, 4) is 17.0 Å². The van der Waals surface area contributed by atoms with Crippen LogP contribution in [0.3, 0.4) is 0 Å².